The number of hydrogen-bond donors (Lipinski definition) is 1. The molecule has 0 atom stereocenters. The van der Waals surface area contributed by atoms with Gasteiger partial charge in [-0.25, -0.2) is 4.79 Å². The number of aryl methyl sites for hydroxylation is 1. The number of nitrogens with zero attached hydrogens (tertiary/aromatic N) is 2. The molecule has 2 aromatic rings. The minimum absolute atomic E-state index is 0.0232. The van der Waals surface area contributed by atoms with Gasteiger partial charge in [-0.1, -0.05) is 35.2 Å². The van der Waals surface area contributed by atoms with Crippen LogP contribution in [0.5, 0.6) is 0 Å². The van der Waals surface area contributed by atoms with Crippen LogP contribution < -0.4 is 5.32 Å². The van der Waals surface area contributed by atoms with Crippen molar-refractivity contribution in [1.82, 2.24) is 9.88 Å². The van der Waals surface area contributed by atoms with Crippen molar-refractivity contribution in [1.29, 1.82) is 5.26 Å². The van der Waals surface area contributed by atoms with Crippen LogP contribution in [0, 0.1) is 37.5 Å². The quantitative estimate of drug-likeness (QED) is 0.329. The monoisotopic (exact) mass is 429 g/mol. The topological polar surface area (TPSA) is 84.1 Å². The first-order valence-electron chi connectivity index (χ1n) is 8.42. The van der Waals surface area contributed by atoms with E-state index in [1.807, 2.05) is 24.5 Å². The molecule has 1 amide bonds. The smallest absolute Gasteiger partial charge is 0.349 e. The molecule has 1 N–H and O–H groups in total. The van der Waals surface area contributed by atoms with E-state index in [0.717, 1.165) is 11.4 Å². The summed E-state index contributed by atoms with van der Waals surface area (Å²) in [6.07, 6.45) is 6.44. The van der Waals surface area contributed by atoms with Gasteiger partial charge in [0, 0.05) is 11.4 Å². The highest BCUT2D eigenvalue weighted by molar-refractivity contribution is 6.43. The van der Waals surface area contributed by atoms with Crippen LogP contribution in [0.2, 0.25) is 10.0 Å². The zero-order valence-electron chi connectivity index (χ0n) is 15.8. The number of esters is 1. The molecule has 0 fully saturated rings. The molecule has 0 saturated heterocycles. The lowest BCUT2D eigenvalue weighted by atomic mass is 10.1. The second-order valence-corrected chi connectivity index (χ2v) is 6.75. The Hall–Kier alpha value is -3.19. The summed E-state index contributed by atoms with van der Waals surface area (Å²) in [5.41, 5.74) is 2.65. The molecule has 29 heavy (non-hydrogen) atoms. The van der Waals surface area contributed by atoms with E-state index in [2.05, 4.69) is 11.2 Å². The predicted octanol–water partition coefficient (Wildman–Crippen LogP) is 3.60. The van der Waals surface area contributed by atoms with Crippen LogP contribution >= 0.6 is 23.2 Å². The number of halogens is 2. The van der Waals surface area contributed by atoms with Crippen LogP contribution in [-0.2, 0) is 14.3 Å². The average Bonchev–Trinajstić information content (AvgIpc) is 2.97. The van der Waals surface area contributed by atoms with Crippen LogP contribution in [0.4, 0.5) is 0 Å². The molecule has 0 bridgehead atoms. The van der Waals surface area contributed by atoms with Crippen LogP contribution in [-0.4, -0.2) is 29.6 Å². The molecule has 0 aliphatic rings. The third-order valence-corrected chi connectivity index (χ3v) is 4.81. The van der Waals surface area contributed by atoms with Crippen molar-refractivity contribution in [2.75, 3.05) is 13.2 Å². The lowest BCUT2D eigenvalue weighted by Crippen LogP contribution is -2.29. The molecule has 0 spiro atoms. The number of ether oxygens (including phenoxy) is 1. The maximum Gasteiger partial charge on any atom is 0.349 e. The molecule has 0 saturated carbocycles. The maximum absolute atomic E-state index is 12.1. The normalized spacial score (nSPS) is 10.8. The fraction of sp³-hybridized carbons (Fsp3) is 0.190. The SMILES string of the molecule is C#CCNC(=O)COC(=O)/C(C#N)=C/c1cc(C)n(-c2cccc(Cl)c2Cl)c1C. The van der Waals surface area contributed by atoms with E-state index in [1.165, 1.54) is 6.08 Å². The number of benzene rings is 1. The van der Waals surface area contributed by atoms with Gasteiger partial charge in [0.1, 0.15) is 11.6 Å². The number of amides is 1. The van der Waals surface area contributed by atoms with E-state index in [4.69, 9.17) is 34.4 Å². The summed E-state index contributed by atoms with van der Waals surface area (Å²) in [7, 11) is 0. The van der Waals surface area contributed by atoms with Crippen molar-refractivity contribution in [2.24, 2.45) is 0 Å². The zero-order chi connectivity index (χ0) is 21.6. The number of carbonyl (C=O) groups excluding carboxylic acids is 2. The maximum atomic E-state index is 12.1. The van der Waals surface area contributed by atoms with Crippen molar-refractivity contribution in [3.63, 3.8) is 0 Å². The molecular formula is C21H17Cl2N3O3. The van der Waals surface area contributed by atoms with Gasteiger partial charge in [0.25, 0.3) is 5.91 Å². The Morgan fingerprint density at radius 3 is 2.72 bits per heavy atom. The Kier molecular flexibility index (Phi) is 7.50. The largest absolute Gasteiger partial charge is 0.451 e. The fourth-order valence-corrected chi connectivity index (χ4v) is 3.05. The lowest BCUT2D eigenvalue weighted by molar-refractivity contribution is -0.144. The lowest BCUT2D eigenvalue weighted by Gasteiger charge is -2.12. The highest BCUT2D eigenvalue weighted by atomic mass is 35.5. The van der Waals surface area contributed by atoms with Crippen molar-refractivity contribution >= 4 is 41.2 Å². The van der Waals surface area contributed by atoms with Crippen molar-refractivity contribution in [3.8, 4) is 24.1 Å². The molecule has 0 aliphatic carbocycles. The van der Waals surface area contributed by atoms with Crippen molar-refractivity contribution < 1.29 is 14.3 Å². The van der Waals surface area contributed by atoms with Crippen molar-refractivity contribution in [3.05, 3.63) is 56.8 Å². The van der Waals surface area contributed by atoms with Gasteiger partial charge in [0.2, 0.25) is 0 Å². The number of rotatable bonds is 6. The Morgan fingerprint density at radius 1 is 1.34 bits per heavy atom. The summed E-state index contributed by atoms with van der Waals surface area (Å²) in [6, 6.07) is 8.88. The number of carbonyl (C=O) groups is 2. The molecule has 2 rings (SSSR count). The minimum Gasteiger partial charge on any atom is -0.451 e. The first kappa shape index (κ1) is 22.1. The number of terminal acetylenes is 1. The first-order valence-corrected chi connectivity index (χ1v) is 9.18. The number of nitrogens with one attached hydrogen (secondary N) is 1. The summed E-state index contributed by atoms with van der Waals surface area (Å²) < 4.78 is 6.74. The van der Waals surface area contributed by atoms with E-state index in [0.29, 0.717) is 21.3 Å². The second kappa shape index (κ2) is 9.84. The van der Waals surface area contributed by atoms with Gasteiger partial charge < -0.3 is 14.6 Å². The molecule has 1 aromatic carbocycles. The van der Waals surface area contributed by atoms with Gasteiger partial charge in [0.15, 0.2) is 6.61 Å². The standard InChI is InChI=1S/C21H17Cl2N3O3/c1-4-8-25-19(27)12-29-21(28)16(11-24)10-15-9-13(2)26(14(15)3)18-7-5-6-17(22)20(18)23/h1,5-7,9-10H,8,12H2,2-3H3,(H,25,27)/b16-10+. The summed E-state index contributed by atoms with van der Waals surface area (Å²) >= 11 is 12.4. The molecule has 0 unspecified atom stereocenters. The van der Waals surface area contributed by atoms with Crippen LogP contribution in [0.25, 0.3) is 11.8 Å². The molecule has 1 heterocycles. The summed E-state index contributed by atoms with van der Waals surface area (Å²) in [5, 5.41) is 12.5. The molecule has 0 radical (unpaired) electrons. The third-order valence-electron chi connectivity index (χ3n) is 4.00. The van der Waals surface area contributed by atoms with Crippen LogP contribution in [0.3, 0.4) is 0 Å². The Morgan fingerprint density at radius 2 is 2.07 bits per heavy atom. The minimum atomic E-state index is -0.908. The number of aromatic nitrogens is 1. The molecule has 8 heteroatoms. The van der Waals surface area contributed by atoms with Gasteiger partial charge in [0.05, 0.1) is 22.3 Å². The Bertz CT molecular complexity index is 1070. The Balaban J connectivity index is 2.30. The Labute approximate surface area is 178 Å². The van der Waals surface area contributed by atoms with Gasteiger partial charge in [-0.15, -0.1) is 6.42 Å². The zero-order valence-corrected chi connectivity index (χ0v) is 17.3. The van der Waals surface area contributed by atoms with E-state index in [-0.39, 0.29) is 12.1 Å². The summed E-state index contributed by atoms with van der Waals surface area (Å²) in [6.45, 7) is 3.18. The van der Waals surface area contributed by atoms with Gasteiger partial charge in [-0.3, -0.25) is 4.79 Å². The fourth-order valence-electron chi connectivity index (χ4n) is 2.67. The van der Waals surface area contributed by atoms with E-state index >= 15 is 0 Å². The molecule has 1 aromatic heterocycles. The van der Waals surface area contributed by atoms with Crippen LogP contribution in [0.15, 0.2) is 29.8 Å². The predicted molar refractivity (Wildman–Crippen MR) is 112 cm³/mol. The summed E-state index contributed by atoms with van der Waals surface area (Å²) in [4.78, 5) is 23.6. The highest BCUT2D eigenvalue weighted by Crippen LogP contribution is 2.32. The molecule has 0 aliphatic heterocycles. The van der Waals surface area contributed by atoms with Gasteiger partial charge in [-0.2, -0.15) is 5.26 Å². The number of nitriles is 1. The second-order valence-electron chi connectivity index (χ2n) is 5.96. The highest BCUT2D eigenvalue weighted by Gasteiger charge is 2.17. The van der Waals surface area contributed by atoms with E-state index in [1.54, 1.807) is 24.3 Å². The van der Waals surface area contributed by atoms with E-state index < -0.39 is 18.5 Å². The molecule has 6 nitrogen and oxygen atoms in total. The molecule has 148 valence electrons. The third kappa shape index (κ3) is 5.20. The van der Waals surface area contributed by atoms with Gasteiger partial charge >= 0.3 is 5.97 Å². The summed E-state index contributed by atoms with van der Waals surface area (Å²) in [5.74, 6) is 0.770. The first-order chi connectivity index (χ1) is 13.8. The molecular weight excluding hydrogens is 413 g/mol. The van der Waals surface area contributed by atoms with E-state index in [9.17, 15) is 14.9 Å². The number of hydrogen-bond acceptors (Lipinski definition) is 4. The average molecular weight is 430 g/mol. The van der Waals surface area contributed by atoms with Crippen LogP contribution in [0.1, 0.15) is 17.0 Å². The van der Waals surface area contributed by atoms with Crippen molar-refractivity contribution in [2.45, 2.75) is 13.8 Å². The van der Waals surface area contributed by atoms with Gasteiger partial charge in [-0.05, 0) is 43.7 Å².